The Bertz CT molecular complexity index is 1100. The van der Waals surface area contributed by atoms with Gasteiger partial charge in [-0.1, -0.05) is 40.2 Å². The molecule has 0 bridgehead atoms. The van der Waals surface area contributed by atoms with E-state index in [1.54, 1.807) is 18.2 Å². The van der Waals surface area contributed by atoms with Crippen molar-refractivity contribution in [2.24, 2.45) is 0 Å². The van der Waals surface area contributed by atoms with Crippen molar-refractivity contribution >= 4 is 35.0 Å². The molecule has 0 amide bonds. The molecule has 32 heavy (non-hydrogen) atoms. The van der Waals surface area contributed by atoms with Gasteiger partial charge in [-0.25, -0.2) is 13.5 Å². The summed E-state index contributed by atoms with van der Waals surface area (Å²) in [5, 5.41) is 39.9. The summed E-state index contributed by atoms with van der Waals surface area (Å²) in [6.45, 7) is -0.514. The summed E-state index contributed by atoms with van der Waals surface area (Å²) in [5.74, 6) is -1.56. The first kappa shape index (κ1) is 23.4. The van der Waals surface area contributed by atoms with Gasteiger partial charge in [-0.2, -0.15) is 0 Å². The maximum atomic E-state index is 13.6. The average Bonchev–Trinajstić information content (AvgIpc) is 3.22. The first-order chi connectivity index (χ1) is 15.3. The van der Waals surface area contributed by atoms with Gasteiger partial charge in [0.2, 0.25) is 0 Å². The number of nitrogens with zero attached hydrogens (tertiary/aromatic N) is 3. The molecule has 2 aromatic carbocycles. The fourth-order valence-electron chi connectivity index (χ4n) is 3.42. The Morgan fingerprint density at radius 3 is 2.41 bits per heavy atom. The van der Waals surface area contributed by atoms with E-state index in [1.165, 1.54) is 10.9 Å². The van der Waals surface area contributed by atoms with E-state index in [1.807, 2.05) is 0 Å². The molecule has 3 N–H and O–H groups in total. The molecule has 7 nitrogen and oxygen atoms in total. The molecular formula is C20H17Cl2F2N3O4S. The first-order valence-electron chi connectivity index (χ1n) is 9.39. The second kappa shape index (κ2) is 9.60. The number of hydrogen-bond acceptors (Lipinski definition) is 7. The second-order valence-corrected chi connectivity index (χ2v) is 9.12. The molecule has 1 saturated heterocycles. The standard InChI is InChI=1S/C20H17Cl2F2N3O4S/c21-13-2-1-12(6-14(13)22)32-20-19(30)17(18(29)16(8-28)31-20)27-7-15(25-26-27)9-3-10(23)5-11(24)4-9/h1-7,16-20,28-30H,8H2. The van der Waals surface area contributed by atoms with Gasteiger partial charge in [0, 0.05) is 16.5 Å². The van der Waals surface area contributed by atoms with E-state index in [2.05, 4.69) is 10.3 Å². The lowest BCUT2D eigenvalue weighted by molar-refractivity contribution is -0.178. The van der Waals surface area contributed by atoms with Crippen molar-refractivity contribution in [3.05, 3.63) is 64.3 Å². The molecule has 5 unspecified atom stereocenters. The molecule has 0 spiro atoms. The van der Waals surface area contributed by atoms with E-state index in [0.717, 1.165) is 30.0 Å². The van der Waals surface area contributed by atoms with Gasteiger partial charge in [-0.3, -0.25) is 0 Å². The third-order valence-corrected chi connectivity index (χ3v) is 6.85. The van der Waals surface area contributed by atoms with Gasteiger partial charge in [-0.05, 0) is 30.3 Å². The molecule has 4 rings (SSSR count). The topological polar surface area (TPSA) is 101 Å². The molecule has 1 aliphatic rings. The number of halogens is 4. The van der Waals surface area contributed by atoms with Crippen LogP contribution in [0.25, 0.3) is 11.3 Å². The van der Waals surface area contributed by atoms with Crippen molar-refractivity contribution in [1.82, 2.24) is 15.0 Å². The van der Waals surface area contributed by atoms with Gasteiger partial charge in [0.25, 0.3) is 0 Å². The van der Waals surface area contributed by atoms with Crippen molar-refractivity contribution in [1.29, 1.82) is 0 Å². The lowest BCUT2D eigenvalue weighted by Gasteiger charge is -2.41. The van der Waals surface area contributed by atoms with E-state index in [-0.39, 0.29) is 11.3 Å². The van der Waals surface area contributed by atoms with Crippen molar-refractivity contribution in [3.8, 4) is 11.3 Å². The molecular weight excluding hydrogens is 487 g/mol. The Morgan fingerprint density at radius 2 is 1.75 bits per heavy atom. The highest BCUT2D eigenvalue weighted by Crippen LogP contribution is 2.39. The van der Waals surface area contributed by atoms with Crippen LogP contribution in [0.2, 0.25) is 10.0 Å². The Morgan fingerprint density at radius 1 is 1.03 bits per heavy atom. The molecule has 12 heteroatoms. The lowest BCUT2D eigenvalue weighted by atomic mass is 9.97. The zero-order chi connectivity index (χ0) is 23.0. The molecule has 2 heterocycles. The molecule has 1 aliphatic heterocycles. The van der Waals surface area contributed by atoms with E-state index < -0.39 is 48.0 Å². The highest BCUT2D eigenvalue weighted by Gasteiger charge is 2.46. The van der Waals surface area contributed by atoms with Gasteiger partial charge in [0.1, 0.15) is 47.1 Å². The Hall–Kier alpha value is -1.79. The SMILES string of the molecule is OCC1OC(Sc2ccc(Cl)c(Cl)c2)C(O)C(n2cc(-c3cc(F)cc(F)c3)nn2)C1O. The molecule has 0 radical (unpaired) electrons. The van der Waals surface area contributed by atoms with E-state index in [9.17, 15) is 24.1 Å². The fraction of sp³-hybridized carbons (Fsp3) is 0.300. The van der Waals surface area contributed by atoms with Crippen LogP contribution < -0.4 is 0 Å². The number of aliphatic hydroxyl groups is 3. The quantitative estimate of drug-likeness (QED) is 0.490. The van der Waals surface area contributed by atoms with Crippen LogP contribution in [0.15, 0.2) is 47.5 Å². The predicted molar refractivity (Wildman–Crippen MR) is 114 cm³/mol. The van der Waals surface area contributed by atoms with Gasteiger partial charge < -0.3 is 20.1 Å². The van der Waals surface area contributed by atoms with Crippen LogP contribution in [0, 0.1) is 11.6 Å². The summed E-state index contributed by atoms with van der Waals surface area (Å²) in [4.78, 5) is 0.643. The maximum absolute atomic E-state index is 13.6. The third-order valence-electron chi connectivity index (χ3n) is 4.97. The summed E-state index contributed by atoms with van der Waals surface area (Å²) in [5.41, 5.74) is -0.620. The number of aliphatic hydroxyl groups excluding tert-OH is 3. The van der Waals surface area contributed by atoms with E-state index >= 15 is 0 Å². The van der Waals surface area contributed by atoms with Crippen molar-refractivity contribution < 1.29 is 28.8 Å². The lowest BCUT2D eigenvalue weighted by Crippen LogP contribution is -2.55. The highest BCUT2D eigenvalue weighted by molar-refractivity contribution is 7.99. The second-order valence-electron chi connectivity index (χ2n) is 7.13. The molecule has 170 valence electrons. The van der Waals surface area contributed by atoms with Crippen molar-refractivity contribution in [2.75, 3.05) is 6.61 Å². The Kier molecular flexibility index (Phi) is 7.01. The van der Waals surface area contributed by atoms with Crippen LogP contribution in [-0.4, -0.2) is 60.7 Å². The van der Waals surface area contributed by atoms with Crippen LogP contribution in [0.1, 0.15) is 6.04 Å². The van der Waals surface area contributed by atoms with Crippen molar-refractivity contribution in [2.45, 2.75) is 34.7 Å². The molecule has 0 saturated carbocycles. The summed E-state index contributed by atoms with van der Waals surface area (Å²) >= 11 is 13.1. The molecule has 1 fully saturated rings. The highest BCUT2D eigenvalue weighted by atomic mass is 35.5. The van der Waals surface area contributed by atoms with Crippen LogP contribution >= 0.6 is 35.0 Å². The normalized spacial score (nSPS) is 25.8. The van der Waals surface area contributed by atoms with Gasteiger partial charge in [0.15, 0.2) is 0 Å². The monoisotopic (exact) mass is 503 g/mol. The summed E-state index contributed by atoms with van der Waals surface area (Å²) in [6, 6.07) is 6.75. The minimum absolute atomic E-state index is 0.142. The smallest absolute Gasteiger partial charge is 0.136 e. The predicted octanol–water partition coefficient (Wildman–Crippen LogP) is 3.30. The van der Waals surface area contributed by atoms with Crippen LogP contribution in [0.4, 0.5) is 8.78 Å². The van der Waals surface area contributed by atoms with Crippen LogP contribution in [0.3, 0.4) is 0 Å². The number of thioether (sulfide) groups is 1. The zero-order valence-electron chi connectivity index (χ0n) is 16.1. The Balaban J connectivity index is 1.63. The Labute approximate surface area is 195 Å². The third kappa shape index (κ3) is 4.76. The maximum Gasteiger partial charge on any atom is 0.136 e. The summed E-state index contributed by atoms with van der Waals surface area (Å²) < 4.78 is 34.0. The molecule has 0 aliphatic carbocycles. The minimum atomic E-state index is -1.33. The first-order valence-corrected chi connectivity index (χ1v) is 11.0. The van der Waals surface area contributed by atoms with E-state index in [0.29, 0.717) is 14.9 Å². The van der Waals surface area contributed by atoms with Crippen molar-refractivity contribution in [3.63, 3.8) is 0 Å². The van der Waals surface area contributed by atoms with Gasteiger partial charge in [0.05, 0.1) is 22.8 Å². The molecule has 3 aromatic rings. The number of rotatable bonds is 5. The largest absolute Gasteiger partial charge is 0.394 e. The van der Waals surface area contributed by atoms with Crippen LogP contribution in [-0.2, 0) is 4.74 Å². The fourth-order valence-corrected chi connectivity index (χ4v) is 4.88. The average molecular weight is 504 g/mol. The zero-order valence-corrected chi connectivity index (χ0v) is 18.5. The number of aromatic nitrogens is 3. The molecule has 5 atom stereocenters. The molecule has 1 aromatic heterocycles. The summed E-state index contributed by atoms with van der Waals surface area (Å²) in [7, 11) is 0. The van der Waals surface area contributed by atoms with E-state index in [4.69, 9.17) is 27.9 Å². The summed E-state index contributed by atoms with van der Waals surface area (Å²) in [6.07, 6.45) is -2.29. The number of benzene rings is 2. The number of ether oxygens (including phenoxy) is 1. The van der Waals surface area contributed by atoms with Gasteiger partial charge >= 0.3 is 0 Å². The van der Waals surface area contributed by atoms with Gasteiger partial charge in [-0.15, -0.1) is 5.10 Å². The van der Waals surface area contributed by atoms with Crippen LogP contribution in [0.5, 0.6) is 0 Å². The minimum Gasteiger partial charge on any atom is -0.394 e. The number of hydrogen-bond donors (Lipinski definition) is 3.